The Morgan fingerprint density at radius 1 is 1.15 bits per heavy atom. The molecule has 2 rings (SSSR count). The lowest BCUT2D eigenvalue weighted by Gasteiger charge is -2.11. The molecule has 2 N–H and O–H groups in total. The number of nitrogens with one attached hydrogen (secondary N) is 2. The van der Waals surface area contributed by atoms with E-state index < -0.39 is 0 Å². The second-order valence-corrected chi connectivity index (χ2v) is 6.24. The summed E-state index contributed by atoms with van der Waals surface area (Å²) in [6.45, 7) is 11.3. The predicted molar refractivity (Wildman–Crippen MR) is 124 cm³/mol. The standard InChI is InChI=1S/C20H33N5O.HI/c1-4-21-20(22-13-8-9-16-26-5-2)23-14-10-15-25-17(3)24-18-11-6-7-12-19(18)25;/h6-7,11-12H,4-5,8-10,13-16H2,1-3H3,(H2,21,22,23);1H. The number of unbranched alkanes of at least 4 members (excludes halogenated alkanes) is 1. The van der Waals surface area contributed by atoms with E-state index in [-0.39, 0.29) is 24.0 Å². The second kappa shape index (κ2) is 13.8. The Bertz CT molecular complexity index is 686. The zero-order valence-corrected chi connectivity index (χ0v) is 19.2. The highest BCUT2D eigenvalue weighted by Crippen LogP contribution is 2.15. The fraction of sp³-hybridized carbons (Fsp3) is 0.600. The molecule has 0 bridgehead atoms. The van der Waals surface area contributed by atoms with Gasteiger partial charge in [0.25, 0.3) is 0 Å². The highest BCUT2D eigenvalue weighted by atomic mass is 127. The lowest BCUT2D eigenvalue weighted by molar-refractivity contribution is 0.143. The van der Waals surface area contributed by atoms with Crippen molar-refractivity contribution in [1.29, 1.82) is 0 Å². The van der Waals surface area contributed by atoms with Crippen molar-refractivity contribution >= 4 is 41.0 Å². The van der Waals surface area contributed by atoms with Crippen LogP contribution in [0.3, 0.4) is 0 Å². The van der Waals surface area contributed by atoms with Crippen molar-refractivity contribution in [1.82, 2.24) is 20.2 Å². The smallest absolute Gasteiger partial charge is 0.191 e. The van der Waals surface area contributed by atoms with Crippen LogP contribution in [0.25, 0.3) is 11.0 Å². The maximum Gasteiger partial charge on any atom is 0.191 e. The van der Waals surface area contributed by atoms with Gasteiger partial charge in [-0.15, -0.1) is 24.0 Å². The van der Waals surface area contributed by atoms with E-state index in [0.29, 0.717) is 0 Å². The number of ether oxygens (including phenoxy) is 1. The summed E-state index contributed by atoms with van der Waals surface area (Å²) in [4.78, 5) is 9.31. The number of hydrogen-bond donors (Lipinski definition) is 2. The molecule has 0 radical (unpaired) electrons. The maximum absolute atomic E-state index is 5.36. The fourth-order valence-corrected chi connectivity index (χ4v) is 2.92. The Balaban J connectivity index is 0.00000364. The number of imidazole rings is 1. The highest BCUT2D eigenvalue weighted by molar-refractivity contribution is 14.0. The molecular formula is C20H34IN5O. The highest BCUT2D eigenvalue weighted by Gasteiger charge is 2.05. The average molecular weight is 487 g/mol. The van der Waals surface area contributed by atoms with Crippen LogP contribution in [0, 0.1) is 6.92 Å². The molecule has 2 aromatic rings. The molecule has 27 heavy (non-hydrogen) atoms. The molecule has 0 aliphatic rings. The van der Waals surface area contributed by atoms with E-state index in [1.54, 1.807) is 0 Å². The first-order valence-corrected chi connectivity index (χ1v) is 9.78. The average Bonchev–Trinajstić information content (AvgIpc) is 2.96. The molecule has 1 heterocycles. The summed E-state index contributed by atoms with van der Waals surface area (Å²) in [5, 5.41) is 6.70. The molecule has 0 unspecified atom stereocenters. The third kappa shape index (κ3) is 8.04. The molecule has 152 valence electrons. The number of rotatable bonds is 11. The SMILES string of the molecule is CCNC(=NCCCn1c(C)nc2ccccc21)NCCCCOCC.I. The summed E-state index contributed by atoms with van der Waals surface area (Å²) in [5.41, 5.74) is 2.27. The summed E-state index contributed by atoms with van der Waals surface area (Å²) in [6.07, 6.45) is 3.15. The van der Waals surface area contributed by atoms with Gasteiger partial charge in [-0.3, -0.25) is 4.99 Å². The third-order valence-electron chi connectivity index (χ3n) is 4.21. The molecule has 0 amide bonds. The lowest BCUT2D eigenvalue weighted by atomic mass is 10.3. The first-order chi connectivity index (χ1) is 12.8. The lowest BCUT2D eigenvalue weighted by Crippen LogP contribution is -2.38. The summed E-state index contributed by atoms with van der Waals surface area (Å²) >= 11 is 0. The Morgan fingerprint density at radius 3 is 2.74 bits per heavy atom. The minimum absolute atomic E-state index is 0. The van der Waals surface area contributed by atoms with Crippen molar-refractivity contribution in [2.75, 3.05) is 32.8 Å². The number of halogens is 1. The van der Waals surface area contributed by atoms with Gasteiger partial charge >= 0.3 is 0 Å². The van der Waals surface area contributed by atoms with Crippen molar-refractivity contribution in [3.05, 3.63) is 30.1 Å². The van der Waals surface area contributed by atoms with E-state index in [9.17, 15) is 0 Å². The molecule has 0 saturated carbocycles. The van der Waals surface area contributed by atoms with Gasteiger partial charge in [0.2, 0.25) is 0 Å². The van der Waals surface area contributed by atoms with E-state index in [4.69, 9.17) is 4.74 Å². The van der Waals surface area contributed by atoms with Crippen LogP contribution in [0.4, 0.5) is 0 Å². The van der Waals surface area contributed by atoms with E-state index in [2.05, 4.69) is 57.2 Å². The van der Waals surface area contributed by atoms with Gasteiger partial charge in [-0.1, -0.05) is 12.1 Å². The Morgan fingerprint density at radius 2 is 1.96 bits per heavy atom. The number of para-hydroxylation sites is 2. The largest absolute Gasteiger partial charge is 0.382 e. The van der Waals surface area contributed by atoms with Crippen LogP contribution in [0.2, 0.25) is 0 Å². The number of aryl methyl sites for hydroxylation is 2. The van der Waals surface area contributed by atoms with Gasteiger partial charge in [0.1, 0.15) is 5.82 Å². The number of benzene rings is 1. The maximum atomic E-state index is 5.36. The predicted octanol–water partition coefficient (Wildman–Crippen LogP) is 3.72. The quantitative estimate of drug-likeness (QED) is 0.220. The molecule has 0 aliphatic carbocycles. The van der Waals surface area contributed by atoms with E-state index in [1.807, 2.05) is 13.0 Å². The molecule has 0 spiro atoms. The Labute approximate surface area is 180 Å². The minimum Gasteiger partial charge on any atom is -0.382 e. The third-order valence-corrected chi connectivity index (χ3v) is 4.21. The van der Waals surface area contributed by atoms with Gasteiger partial charge < -0.3 is 19.9 Å². The number of nitrogens with zero attached hydrogens (tertiary/aromatic N) is 3. The van der Waals surface area contributed by atoms with Crippen LogP contribution in [0.1, 0.15) is 38.9 Å². The van der Waals surface area contributed by atoms with Crippen LogP contribution < -0.4 is 10.6 Å². The van der Waals surface area contributed by atoms with Crippen LogP contribution in [-0.2, 0) is 11.3 Å². The molecule has 0 atom stereocenters. The summed E-state index contributed by atoms with van der Waals surface area (Å²) < 4.78 is 7.64. The molecule has 0 saturated heterocycles. The van der Waals surface area contributed by atoms with Crippen molar-refractivity contribution in [3.8, 4) is 0 Å². The zero-order valence-electron chi connectivity index (χ0n) is 16.8. The van der Waals surface area contributed by atoms with Gasteiger partial charge in [0.15, 0.2) is 5.96 Å². The monoisotopic (exact) mass is 487 g/mol. The van der Waals surface area contributed by atoms with Crippen LogP contribution in [-0.4, -0.2) is 48.4 Å². The van der Waals surface area contributed by atoms with E-state index >= 15 is 0 Å². The van der Waals surface area contributed by atoms with Crippen molar-refractivity contribution in [2.24, 2.45) is 4.99 Å². The first-order valence-electron chi connectivity index (χ1n) is 9.78. The number of guanidine groups is 1. The van der Waals surface area contributed by atoms with Crippen LogP contribution in [0.15, 0.2) is 29.3 Å². The molecule has 0 fully saturated rings. The Kier molecular flexibility index (Phi) is 12.1. The van der Waals surface area contributed by atoms with Crippen molar-refractivity contribution < 1.29 is 4.74 Å². The Hall–Kier alpha value is -1.35. The second-order valence-electron chi connectivity index (χ2n) is 6.24. The van der Waals surface area contributed by atoms with Gasteiger partial charge in [-0.25, -0.2) is 4.98 Å². The normalized spacial score (nSPS) is 11.4. The zero-order chi connectivity index (χ0) is 18.6. The topological polar surface area (TPSA) is 63.5 Å². The van der Waals surface area contributed by atoms with Gasteiger partial charge in [-0.05, 0) is 52.2 Å². The first kappa shape index (κ1) is 23.7. The summed E-state index contributed by atoms with van der Waals surface area (Å²) in [6, 6.07) is 8.30. The van der Waals surface area contributed by atoms with Crippen LogP contribution >= 0.6 is 24.0 Å². The summed E-state index contributed by atoms with van der Waals surface area (Å²) in [7, 11) is 0. The fourth-order valence-electron chi connectivity index (χ4n) is 2.92. The van der Waals surface area contributed by atoms with Crippen LogP contribution in [0.5, 0.6) is 0 Å². The van der Waals surface area contributed by atoms with Crippen molar-refractivity contribution in [3.63, 3.8) is 0 Å². The number of aromatic nitrogens is 2. The molecule has 7 heteroatoms. The summed E-state index contributed by atoms with van der Waals surface area (Å²) in [5.74, 6) is 1.96. The van der Waals surface area contributed by atoms with E-state index in [0.717, 1.165) is 76.0 Å². The molecule has 6 nitrogen and oxygen atoms in total. The van der Waals surface area contributed by atoms with Crippen molar-refractivity contribution in [2.45, 2.75) is 46.6 Å². The number of fused-ring (bicyclic) bond motifs is 1. The van der Waals surface area contributed by atoms with Gasteiger partial charge in [-0.2, -0.15) is 0 Å². The number of aliphatic imine (C=N–C) groups is 1. The number of hydrogen-bond acceptors (Lipinski definition) is 3. The molecule has 1 aromatic carbocycles. The van der Waals surface area contributed by atoms with Gasteiger partial charge in [0.05, 0.1) is 11.0 Å². The minimum atomic E-state index is 0. The van der Waals surface area contributed by atoms with Gasteiger partial charge in [0, 0.05) is 39.4 Å². The molecular weight excluding hydrogens is 453 g/mol. The van der Waals surface area contributed by atoms with E-state index in [1.165, 1.54) is 5.52 Å². The molecule has 1 aromatic heterocycles. The molecule has 0 aliphatic heterocycles.